The Morgan fingerprint density at radius 1 is 1.33 bits per heavy atom. The topological polar surface area (TPSA) is 71.1 Å². The van der Waals surface area contributed by atoms with Gasteiger partial charge in [0.1, 0.15) is 0 Å². The van der Waals surface area contributed by atoms with E-state index in [9.17, 15) is 8.42 Å². The second-order valence-electron chi connectivity index (χ2n) is 5.88. The van der Waals surface area contributed by atoms with Gasteiger partial charge in [-0.3, -0.25) is 0 Å². The Kier molecular flexibility index (Phi) is 5.22. The second kappa shape index (κ2) is 6.75. The van der Waals surface area contributed by atoms with Crippen LogP contribution in [0.25, 0.3) is 0 Å². The van der Waals surface area contributed by atoms with Crippen LogP contribution in [0.3, 0.4) is 0 Å². The van der Waals surface area contributed by atoms with Crippen LogP contribution in [0.5, 0.6) is 0 Å². The molecule has 1 aromatic heterocycles. The maximum absolute atomic E-state index is 12.6. The zero-order chi connectivity index (χ0) is 15.5. The van der Waals surface area contributed by atoms with Crippen molar-refractivity contribution in [1.29, 1.82) is 0 Å². The maximum Gasteiger partial charge on any atom is 0.260 e. The monoisotopic (exact) mass is 311 g/mol. The number of pyridine rings is 1. The van der Waals surface area contributed by atoms with Gasteiger partial charge in [0.05, 0.1) is 5.69 Å². The van der Waals surface area contributed by atoms with Crippen molar-refractivity contribution in [1.82, 2.24) is 9.71 Å². The Balaban J connectivity index is 2.22. The van der Waals surface area contributed by atoms with Gasteiger partial charge in [0, 0.05) is 18.8 Å². The number of rotatable bonds is 5. The molecule has 2 rings (SSSR count). The summed E-state index contributed by atoms with van der Waals surface area (Å²) in [5.41, 5.74) is 0.559. The summed E-state index contributed by atoms with van der Waals surface area (Å²) in [5, 5.41) is 3.15. The lowest BCUT2D eigenvalue weighted by Gasteiger charge is -2.34. The van der Waals surface area contributed by atoms with E-state index in [0.717, 1.165) is 12.8 Å². The van der Waals surface area contributed by atoms with E-state index >= 15 is 0 Å². The molecular formula is C15H25N3O2S. The van der Waals surface area contributed by atoms with Gasteiger partial charge in [0.15, 0.2) is 5.03 Å². The highest BCUT2D eigenvalue weighted by Gasteiger charge is 2.32. The molecule has 0 spiro atoms. The summed E-state index contributed by atoms with van der Waals surface area (Å²) in [5.74, 6) is 0.892. The molecule has 0 bridgehead atoms. The lowest BCUT2D eigenvalue weighted by Crippen LogP contribution is -2.43. The quantitative estimate of drug-likeness (QED) is 0.877. The van der Waals surface area contributed by atoms with E-state index in [1.165, 1.54) is 12.6 Å². The molecule has 0 saturated heterocycles. The van der Waals surface area contributed by atoms with Gasteiger partial charge < -0.3 is 5.32 Å². The lowest BCUT2D eigenvalue weighted by molar-refractivity contribution is 0.227. The minimum absolute atomic E-state index is 0.00441. The molecule has 0 aromatic carbocycles. The zero-order valence-electron chi connectivity index (χ0n) is 13.0. The minimum atomic E-state index is -3.59. The predicted octanol–water partition coefficient (Wildman–Crippen LogP) is 2.62. The smallest absolute Gasteiger partial charge is 0.260 e. The van der Waals surface area contributed by atoms with Crippen LogP contribution in [0.1, 0.15) is 40.0 Å². The van der Waals surface area contributed by atoms with Crippen LogP contribution >= 0.6 is 0 Å². The number of nitrogens with one attached hydrogen (secondary N) is 2. The number of nitrogens with zero attached hydrogens (tertiary/aromatic N) is 1. The number of sulfonamides is 1. The maximum atomic E-state index is 12.6. The van der Waals surface area contributed by atoms with Gasteiger partial charge in [-0.1, -0.05) is 26.7 Å². The van der Waals surface area contributed by atoms with Gasteiger partial charge in [0.2, 0.25) is 0 Å². The lowest BCUT2D eigenvalue weighted by atomic mass is 9.78. The summed E-state index contributed by atoms with van der Waals surface area (Å²) in [7, 11) is -3.59. The third-order valence-corrected chi connectivity index (χ3v) is 5.85. The molecule has 6 heteroatoms. The first-order chi connectivity index (χ1) is 9.95. The van der Waals surface area contributed by atoms with Crippen LogP contribution in [0.4, 0.5) is 5.69 Å². The van der Waals surface area contributed by atoms with Gasteiger partial charge in [-0.2, -0.15) is 0 Å². The van der Waals surface area contributed by atoms with Crippen molar-refractivity contribution in [3.8, 4) is 0 Å². The molecular weight excluding hydrogens is 286 g/mol. The Hall–Kier alpha value is -1.14. The molecule has 0 amide bonds. The first-order valence-electron chi connectivity index (χ1n) is 7.67. The molecule has 2 N–H and O–H groups in total. The van der Waals surface area contributed by atoms with Crippen LogP contribution in [0.15, 0.2) is 23.4 Å². The van der Waals surface area contributed by atoms with Crippen molar-refractivity contribution in [3.05, 3.63) is 18.3 Å². The summed E-state index contributed by atoms with van der Waals surface area (Å²) in [6, 6.07) is 3.48. The fourth-order valence-electron chi connectivity index (χ4n) is 2.93. The molecule has 118 valence electrons. The van der Waals surface area contributed by atoms with E-state index in [-0.39, 0.29) is 11.1 Å². The minimum Gasteiger partial charge on any atom is -0.383 e. The molecule has 1 saturated carbocycles. The molecule has 21 heavy (non-hydrogen) atoms. The van der Waals surface area contributed by atoms with Gasteiger partial charge in [-0.15, -0.1) is 0 Å². The molecule has 0 aliphatic heterocycles. The van der Waals surface area contributed by atoms with Crippen LogP contribution in [-0.2, 0) is 10.0 Å². The summed E-state index contributed by atoms with van der Waals surface area (Å²) in [6.07, 6.45) is 4.66. The first kappa shape index (κ1) is 16.2. The molecule has 1 aliphatic rings. The number of anilines is 1. The Morgan fingerprint density at radius 3 is 2.81 bits per heavy atom. The molecule has 1 aromatic rings. The third kappa shape index (κ3) is 3.74. The second-order valence-corrected chi connectivity index (χ2v) is 7.51. The van der Waals surface area contributed by atoms with Gasteiger partial charge in [-0.05, 0) is 37.3 Å². The van der Waals surface area contributed by atoms with E-state index in [1.807, 2.05) is 6.92 Å². The molecule has 3 atom stereocenters. The molecule has 1 aliphatic carbocycles. The highest BCUT2D eigenvalue weighted by atomic mass is 32.2. The van der Waals surface area contributed by atoms with Crippen LogP contribution in [-0.4, -0.2) is 26.0 Å². The standard InChI is InChI=1S/C15H25N3O2S/c1-4-16-14-9-6-10-17-15(14)21(19,20)18-13-8-5-7-11(2)12(13)3/h6,9-13,16,18H,4-5,7-8H2,1-3H3. The van der Waals surface area contributed by atoms with Gasteiger partial charge in [-0.25, -0.2) is 18.1 Å². The van der Waals surface area contributed by atoms with E-state index in [1.54, 1.807) is 12.1 Å². The van der Waals surface area contributed by atoms with Crippen molar-refractivity contribution >= 4 is 15.7 Å². The number of aromatic nitrogens is 1. The molecule has 3 unspecified atom stereocenters. The van der Waals surface area contributed by atoms with Crippen molar-refractivity contribution < 1.29 is 8.42 Å². The number of hydrogen-bond acceptors (Lipinski definition) is 4. The Bertz CT molecular complexity index is 574. The SMILES string of the molecule is CCNc1cccnc1S(=O)(=O)NC1CCCC(C)C1C. The van der Waals surface area contributed by atoms with Gasteiger partial charge in [0.25, 0.3) is 10.0 Å². The van der Waals surface area contributed by atoms with Crippen molar-refractivity contribution in [2.45, 2.75) is 51.1 Å². The molecule has 0 radical (unpaired) electrons. The van der Waals surface area contributed by atoms with Crippen LogP contribution in [0.2, 0.25) is 0 Å². The Labute approximate surface area is 127 Å². The molecule has 5 nitrogen and oxygen atoms in total. The summed E-state index contributed by atoms with van der Waals surface area (Å²) in [4.78, 5) is 4.07. The summed E-state index contributed by atoms with van der Waals surface area (Å²) in [6.45, 7) is 6.91. The Morgan fingerprint density at radius 2 is 2.10 bits per heavy atom. The van der Waals surface area contributed by atoms with Crippen molar-refractivity contribution in [2.24, 2.45) is 11.8 Å². The summed E-state index contributed by atoms with van der Waals surface area (Å²) >= 11 is 0. The van der Waals surface area contributed by atoms with E-state index < -0.39 is 10.0 Å². The summed E-state index contributed by atoms with van der Waals surface area (Å²) < 4.78 is 28.1. The highest BCUT2D eigenvalue weighted by Crippen LogP contribution is 2.30. The van der Waals surface area contributed by atoms with E-state index in [2.05, 4.69) is 28.9 Å². The number of hydrogen-bond donors (Lipinski definition) is 2. The first-order valence-corrected chi connectivity index (χ1v) is 9.15. The average Bonchev–Trinajstić information content (AvgIpc) is 2.44. The van der Waals surface area contributed by atoms with Gasteiger partial charge >= 0.3 is 0 Å². The van der Waals surface area contributed by atoms with Crippen molar-refractivity contribution in [2.75, 3.05) is 11.9 Å². The van der Waals surface area contributed by atoms with Crippen LogP contribution < -0.4 is 10.0 Å². The fourth-order valence-corrected chi connectivity index (χ4v) is 4.41. The zero-order valence-corrected chi connectivity index (χ0v) is 13.8. The fraction of sp³-hybridized carbons (Fsp3) is 0.667. The van der Waals surface area contributed by atoms with E-state index in [0.29, 0.717) is 24.1 Å². The largest absolute Gasteiger partial charge is 0.383 e. The van der Waals surface area contributed by atoms with Crippen LogP contribution in [0, 0.1) is 11.8 Å². The molecule has 1 fully saturated rings. The highest BCUT2D eigenvalue weighted by molar-refractivity contribution is 7.89. The predicted molar refractivity (Wildman–Crippen MR) is 84.7 cm³/mol. The van der Waals surface area contributed by atoms with Crippen molar-refractivity contribution in [3.63, 3.8) is 0 Å². The average molecular weight is 311 g/mol. The normalized spacial score (nSPS) is 26.5. The molecule has 1 heterocycles. The third-order valence-electron chi connectivity index (χ3n) is 4.41. The van der Waals surface area contributed by atoms with E-state index in [4.69, 9.17) is 0 Å².